The van der Waals surface area contributed by atoms with Gasteiger partial charge in [0.05, 0.1) is 18.7 Å². The Morgan fingerprint density at radius 2 is 2.04 bits per heavy atom. The lowest BCUT2D eigenvalue weighted by Crippen LogP contribution is -2.29. The van der Waals surface area contributed by atoms with Gasteiger partial charge in [0.25, 0.3) is 5.91 Å². The van der Waals surface area contributed by atoms with Crippen molar-refractivity contribution in [2.24, 2.45) is 0 Å². The maximum Gasteiger partial charge on any atom is 0.339 e. The number of nitrogens with zero attached hydrogens (tertiary/aromatic N) is 2. The van der Waals surface area contributed by atoms with Gasteiger partial charge in [0, 0.05) is 11.8 Å². The Bertz CT molecular complexity index is 769. The number of ether oxygens (including phenoxy) is 1. The van der Waals surface area contributed by atoms with Crippen molar-refractivity contribution in [1.29, 1.82) is 5.26 Å². The number of aromatic nitrogens is 1. The molecule has 0 radical (unpaired) electrons. The van der Waals surface area contributed by atoms with Crippen LogP contribution in [-0.2, 0) is 4.74 Å². The summed E-state index contributed by atoms with van der Waals surface area (Å²) in [6.07, 6.45) is 1.19. The highest BCUT2D eigenvalue weighted by molar-refractivity contribution is 5.94. The van der Waals surface area contributed by atoms with Gasteiger partial charge in [-0.3, -0.25) is 9.78 Å². The Morgan fingerprint density at radius 1 is 1.30 bits per heavy atom. The minimum Gasteiger partial charge on any atom is -0.465 e. The van der Waals surface area contributed by atoms with Crippen LogP contribution in [0.15, 0.2) is 42.6 Å². The standard InChI is InChI=1S/C16H12FN3O3/c1-23-16(22)10-6-7-13(19-9-10)15(21)20-14(8-18)11-4-2-3-5-12(11)17/h2-7,9,14H,1H3,(H,20,21). The molecule has 0 aliphatic rings. The van der Waals surface area contributed by atoms with Crippen LogP contribution < -0.4 is 5.32 Å². The zero-order valence-corrected chi connectivity index (χ0v) is 12.1. The molecule has 1 aromatic carbocycles. The number of nitrogens with one attached hydrogen (secondary N) is 1. The van der Waals surface area contributed by atoms with Crippen molar-refractivity contribution in [3.05, 3.63) is 65.2 Å². The summed E-state index contributed by atoms with van der Waals surface area (Å²) in [5, 5.41) is 11.5. The highest BCUT2D eigenvalue weighted by Crippen LogP contribution is 2.16. The van der Waals surface area contributed by atoms with Crippen LogP contribution in [0.4, 0.5) is 4.39 Å². The van der Waals surface area contributed by atoms with Crippen molar-refractivity contribution in [2.75, 3.05) is 7.11 Å². The lowest BCUT2D eigenvalue weighted by Gasteiger charge is -2.12. The monoisotopic (exact) mass is 313 g/mol. The second-order valence-electron chi connectivity index (χ2n) is 4.48. The summed E-state index contributed by atoms with van der Waals surface area (Å²) in [7, 11) is 1.23. The number of carbonyl (C=O) groups is 2. The third kappa shape index (κ3) is 3.68. The average Bonchev–Trinajstić information content (AvgIpc) is 2.59. The predicted molar refractivity (Wildman–Crippen MR) is 77.8 cm³/mol. The van der Waals surface area contributed by atoms with E-state index < -0.39 is 23.7 Å². The van der Waals surface area contributed by atoms with E-state index in [9.17, 15) is 14.0 Å². The van der Waals surface area contributed by atoms with Gasteiger partial charge >= 0.3 is 5.97 Å². The topological polar surface area (TPSA) is 92.1 Å². The van der Waals surface area contributed by atoms with E-state index >= 15 is 0 Å². The predicted octanol–water partition coefficient (Wildman–Crippen LogP) is 2.00. The minimum atomic E-state index is -1.15. The number of pyridine rings is 1. The number of benzene rings is 1. The largest absolute Gasteiger partial charge is 0.465 e. The van der Waals surface area contributed by atoms with E-state index in [4.69, 9.17) is 5.26 Å². The van der Waals surface area contributed by atoms with Crippen LogP contribution in [0.25, 0.3) is 0 Å². The fourth-order valence-corrected chi connectivity index (χ4v) is 1.86. The second kappa shape index (κ2) is 7.13. The van der Waals surface area contributed by atoms with Gasteiger partial charge in [0.1, 0.15) is 17.6 Å². The maximum absolute atomic E-state index is 13.7. The Kier molecular flexibility index (Phi) is 5.00. The molecule has 0 aliphatic heterocycles. The molecule has 1 N–H and O–H groups in total. The number of esters is 1. The Balaban J connectivity index is 2.16. The van der Waals surface area contributed by atoms with Crippen molar-refractivity contribution < 1.29 is 18.7 Å². The molecule has 0 spiro atoms. The summed E-state index contributed by atoms with van der Waals surface area (Å²) in [6.45, 7) is 0. The molecule has 1 amide bonds. The number of nitriles is 1. The van der Waals surface area contributed by atoms with Gasteiger partial charge < -0.3 is 10.1 Å². The summed E-state index contributed by atoms with van der Waals surface area (Å²) < 4.78 is 18.2. The number of halogens is 1. The van der Waals surface area contributed by atoms with E-state index in [0.717, 1.165) is 0 Å². The lowest BCUT2D eigenvalue weighted by atomic mass is 10.1. The summed E-state index contributed by atoms with van der Waals surface area (Å²) in [6, 6.07) is 9.04. The fourth-order valence-electron chi connectivity index (χ4n) is 1.86. The number of hydrogen-bond acceptors (Lipinski definition) is 5. The van der Waals surface area contributed by atoms with Gasteiger partial charge in [-0.25, -0.2) is 9.18 Å². The second-order valence-corrected chi connectivity index (χ2v) is 4.48. The molecule has 0 bridgehead atoms. The first-order chi connectivity index (χ1) is 11.1. The summed E-state index contributed by atoms with van der Waals surface area (Å²) >= 11 is 0. The molecule has 0 fully saturated rings. The average molecular weight is 313 g/mol. The van der Waals surface area contributed by atoms with Crippen molar-refractivity contribution in [3.8, 4) is 6.07 Å². The number of carbonyl (C=O) groups excluding carboxylic acids is 2. The molecule has 0 saturated carbocycles. The number of methoxy groups -OCH3 is 1. The first kappa shape index (κ1) is 16.1. The zero-order chi connectivity index (χ0) is 16.8. The van der Waals surface area contributed by atoms with Crippen LogP contribution >= 0.6 is 0 Å². The quantitative estimate of drug-likeness (QED) is 0.872. The minimum absolute atomic E-state index is 0.00533. The molecule has 1 heterocycles. The van der Waals surface area contributed by atoms with Gasteiger partial charge in [0.2, 0.25) is 0 Å². The van der Waals surface area contributed by atoms with Crippen molar-refractivity contribution in [2.45, 2.75) is 6.04 Å². The smallest absolute Gasteiger partial charge is 0.339 e. The van der Waals surface area contributed by atoms with E-state index in [1.807, 2.05) is 6.07 Å². The zero-order valence-electron chi connectivity index (χ0n) is 12.1. The number of rotatable bonds is 4. The van der Waals surface area contributed by atoms with Crippen molar-refractivity contribution >= 4 is 11.9 Å². The molecule has 116 valence electrons. The van der Waals surface area contributed by atoms with E-state index in [0.29, 0.717) is 0 Å². The molecule has 2 aromatic rings. The van der Waals surface area contributed by atoms with Crippen LogP contribution in [0.5, 0.6) is 0 Å². The van der Waals surface area contributed by atoms with Crippen LogP contribution in [0, 0.1) is 17.1 Å². The summed E-state index contributed by atoms with van der Waals surface area (Å²) in [5.74, 6) is -1.82. The van der Waals surface area contributed by atoms with Gasteiger partial charge in [-0.05, 0) is 18.2 Å². The summed E-state index contributed by atoms with van der Waals surface area (Å²) in [4.78, 5) is 27.2. The fraction of sp³-hybridized carbons (Fsp3) is 0.125. The number of hydrogen-bond donors (Lipinski definition) is 1. The van der Waals surface area contributed by atoms with Gasteiger partial charge in [-0.15, -0.1) is 0 Å². The highest BCUT2D eigenvalue weighted by Gasteiger charge is 2.19. The molecule has 0 aliphatic carbocycles. The molecule has 7 heteroatoms. The Hall–Kier alpha value is -3.27. The van der Waals surface area contributed by atoms with Crippen LogP contribution in [0.2, 0.25) is 0 Å². The first-order valence-corrected chi connectivity index (χ1v) is 6.56. The van der Waals surface area contributed by atoms with Crippen LogP contribution in [-0.4, -0.2) is 24.0 Å². The molecule has 1 aromatic heterocycles. The molecule has 2 rings (SSSR count). The summed E-state index contributed by atoms with van der Waals surface area (Å²) in [5.41, 5.74) is 0.249. The van der Waals surface area contributed by atoms with Crippen LogP contribution in [0.3, 0.4) is 0 Å². The van der Waals surface area contributed by atoms with Crippen molar-refractivity contribution in [1.82, 2.24) is 10.3 Å². The molecule has 6 nitrogen and oxygen atoms in total. The molecular weight excluding hydrogens is 301 g/mol. The van der Waals surface area contributed by atoms with Crippen LogP contribution in [0.1, 0.15) is 32.5 Å². The Morgan fingerprint density at radius 3 is 2.61 bits per heavy atom. The molecule has 23 heavy (non-hydrogen) atoms. The van der Waals surface area contributed by atoms with E-state index in [-0.39, 0.29) is 16.8 Å². The molecule has 0 saturated heterocycles. The maximum atomic E-state index is 13.7. The normalized spacial score (nSPS) is 11.2. The van der Waals surface area contributed by atoms with Gasteiger partial charge in [-0.2, -0.15) is 5.26 Å². The van der Waals surface area contributed by atoms with E-state index in [2.05, 4.69) is 15.0 Å². The third-order valence-corrected chi connectivity index (χ3v) is 3.04. The van der Waals surface area contributed by atoms with Gasteiger partial charge in [-0.1, -0.05) is 18.2 Å². The number of amides is 1. The Labute approximate surface area is 131 Å². The van der Waals surface area contributed by atoms with Gasteiger partial charge in [0.15, 0.2) is 0 Å². The molecule has 1 unspecified atom stereocenters. The molecule has 1 atom stereocenters. The van der Waals surface area contributed by atoms with E-state index in [1.165, 1.54) is 43.6 Å². The lowest BCUT2D eigenvalue weighted by molar-refractivity contribution is 0.0599. The first-order valence-electron chi connectivity index (χ1n) is 6.56. The highest BCUT2D eigenvalue weighted by atomic mass is 19.1. The van der Waals surface area contributed by atoms with E-state index in [1.54, 1.807) is 6.07 Å². The molecular formula is C16H12FN3O3. The SMILES string of the molecule is COC(=O)c1ccc(C(=O)NC(C#N)c2ccccc2F)nc1. The van der Waals surface area contributed by atoms with Crippen molar-refractivity contribution in [3.63, 3.8) is 0 Å². The third-order valence-electron chi connectivity index (χ3n) is 3.04.